The highest BCUT2D eigenvalue weighted by Crippen LogP contribution is 2.27. The predicted molar refractivity (Wildman–Crippen MR) is 87.5 cm³/mol. The first-order chi connectivity index (χ1) is 9.21. The van der Waals surface area contributed by atoms with Crippen LogP contribution in [0.15, 0.2) is 18.2 Å². The van der Waals surface area contributed by atoms with E-state index in [-0.39, 0.29) is 5.91 Å². The Balaban J connectivity index is 2.65. The maximum atomic E-state index is 12.1. The van der Waals surface area contributed by atoms with Gasteiger partial charge in [0.1, 0.15) is 5.75 Å². The molecule has 0 spiro atoms. The van der Waals surface area contributed by atoms with Crippen LogP contribution in [0.1, 0.15) is 0 Å². The Hall–Kier alpha value is -1.04. The summed E-state index contributed by atoms with van der Waals surface area (Å²) in [6.07, 6.45) is 0.979. The highest BCUT2D eigenvalue weighted by molar-refractivity contribution is 6.76. The van der Waals surface area contributed by atoms with Crippen LogP contribution in [0, 0.1) is 0 Å². The molecule has 4 nitrogen and oxygen atoms in total. The van der Waals surface area contributed by atoms with E-state index >= 15 is 0 Å². The van der Waals surface area contributed by atoms with Crippen LogP contribution in [-0.4, -0.2) is 45.8 Å². The Kier molecular flexibility index (Phi) is 6.04. The van der Waals surface area contributed by atoms with Gasteiger partial charge in [-0.3, -0.25) is 4.79 Å². The largest absolute Gasteiger partial charge is 0.495 e. The fourth-order valence-electron chi connectivity index (χ4n) is 2.08. The molecule has 112 valence electrons. The molecule has 0 fully saturated rings. The van der Waals surface area contributed by atoms with E-state index in [2.05, 4.69) is 29.9 Å². The summed E-state index contributed by atoms with van der Waals surface area (Å²) in [7, 11) is 2.33. The van der Waals surface area contributed by atoms with E-state index in [1.807, 2.05) is 7.05 Å². The number of ether oxygens (including phenoxy) is 1. The van der Waals surface area contributed by atoms with Gasteiger partial charge in [-0.2, -0.15) is 0 Å². The van der Waals surface area contributed by atoms with Crippen LogP contribution in [0.2, 0.25) is 24.7 Å². The van der Waals surface area contributed by atoms with Crippen LogP contribution in [-0.2, 0) is 4.79 Å². The van der Waals surface area contributed by atoms with Crippen molar-refractivity contribution in [1.29, 1.82) is 0 Å². The summed E-state index contributed by atoms with van der Waals surface area (Å²) in [6, 6.07) is 5.16. The molecule has 0 atom stereocenters. The molecule has 0 aliphatic carbocycles. The smallest absolute Gasteiger partial charge is 0.238 e. The van der Waals surface area contributed by atoms with Gasteiger partial charge in [-0.25, -0.2) is 0 Å². The Morgan fingerprint density at radius 1 is 1.40 bits per heavy atom. The third kappa shape index (κ3) is 5.94. The van der Waals surface area contributed by atoms with Gasteiger partial charge < -0.3 is 15.0 Å². The molecule has 1 rings (SSSR count). The third-order valence-electron chi connectivity index (χ3n) is 2.59. The minimum atomic E-state index is -1.21. The molecule has 20 heavy (non-hydrogen) atoms. The van der Waals surface area contributed by atoms with Crippen LogP contribution >= 0.6 is 11.6 Å². The first-order valence-corrected chi connectivity index (χ1v) is 10.6. The van der Waals surface area contributed by atoms with E-state index < -0.39 is 8.07 Å². The van der Waals surface area contributed by atoms with Crippen LogP contribution in [0.4, 0.5) is 5.69 Å². The van der Waals surface area contributed by atoms with E-state index in [9.17, 15) is 4.79 Å². The lowest BCUT2D eigenvalue weighted by atomic mass is 10.3. The summed E-state index contributed by atoms with van der Waals surface area (Å²) < 4.78 is 5.21. The SMILES string of the molecule is COc1ccc(Cl)cc1NC(=O)CN(C)C[Si](C)(C)C. The zero-order chi connectivity index (χ0) is 15.3. The van der Waals surface area contributed by atoms with E-state index in [0.717, 1.165) is 6.17 Å². The van der Waals surface area contributed by atoms with Gasteiger partial charge in [-0.1, -0.05) is 31.2 Å². The quantitative estimate of drug-likeness (QED) is 0.820. The molecular formula is C14H23ClN2O2Si. The van der Waals surface area contributed by atoms with Crippen molar-refractivity contribution in [3.05, 3.63) is 23.2 Å². The number of nitrogens with zero attached hydrogens (tertiary/aromatic N) is 1. The zero-order valence-electron chi connectivity index (χ0n) is 12.8. The summed E-state index contributed by atoms with van der Waals surface area (Å²) >= 11 is 5.94. The van der Waals surface area contributed by atoms with Crippen molar-refractivity contribution >= 4 is 31.3 Å². The maximum Gasteiger partial charge on any atom is 0.238 e. The standard InChI is InChI=1S/C14H23ClN2O2Si/c1-17(10-20(3,4)5)9-14(18)16-12-8-11(15)6-7-13(12)19-2/h6-8H,9-10H2,1-5H3,(H,16,18). The number of methoxy groups -OCH3 is 1. The number of anilines is 1. The topological polar surface area (TPSA) is 41.6 Å². The Morgan fingerprint density at radius 3 is 2.60 bits per heavy atom. The fraction of sp³-hybridized carbons (Fsp3) is 0.500. The van der Waals surface area contributed by atoms with Crippen molar-refractivity contribution in [2.24, 2.45) is 0 Å². The molecule has 0 unspecified atom stereocenters. The maximum absolute atomic E-state index is 12.1. The molecule has 1 N–H and O–H groups in total. The average Bonchev–Trinajstić information content (AvgIpc) is 2.26. The fourth-order valence-corrected chi connectivity index (χ4v) is 3.98. The number of rotatable bonds is 6. The molecule has 1 aromatic rings. The van der Waals surface area contributed by atoms with E-state index in [1.165, 1.54) is 0 Å². The van der Waals surface area contributed by atoms with Crippen molar-refractivity contribution in [1.82, 2.24) is 4.90 Å². The van der Waals surface area contributed by atoms with E-state index in [1.54, 1.807) is 25.3 Å². The summed E-state index contributed by atoms with van der Waals surface area (Å²) in [5.41, 5.74) is 0.603. The molecule has 0 radical (unpaired) electrons. The predicted octanol–water partition coefficient (Wildman–Crippen LogP) is 3.10. The number of nitrogens with one attached hydrogen (secondary N) is 1. The molecule has 0 heterocycles. The molecule has 0 aromatic heterocycles. The monoisotopic (exact) mass is 314 g/mol. The number of likely N-dealkylation sites (N-methyl/N-ethyl adjacent to an activating group) is 1. The zero-order valence-corrected chi connectivity index (χ0v) is 14.5. The second-order valence-electron chi connectivity index (χ2n) is 6.13. The van der Waals surface area contributed by atoms with Gasteiger partial charge in [0.05, 0.1) is 27.4 Å². The minimum absolute atomic E-state index is 0.0636. The van der Waals surface area contributed by atoms with Crippen molar-refractivity contribution in [2.45, 2.75) is 19.6 Å². The number of hydrogen-bond acceptors (Lipinski definition) is 3. The van der Waals surface area contributed by atoms with Gasteiger partial charge in [0.15, 0.2) is 0 Å². The number of hydrogen-bond donors (Lipinski definition) is 1. The van der Waals surface area contributed by atoms with Gasteiger partial charge in [0.2, 0.25) is 5.91 Å². The summed E-state index contributed by atoms with van der Waals surface area (Å²) in [5, 5.41) is 3.41. The normalized spacial score (nSPS) is 11.6. The second-order valence-corrected chi connectivity index (χ2v) is 12.0. The van der Waals surface area contributed by atoms with Crippen LogP contribution in [0.5, 0.6) is 5.75 Å². The molecule has 0 saturated carbocycles. The van der Waals surface area contributed by atoms with E-state index in [4.69, 9.17) is 16.3 Å². The van der Waals surface area contributed by atoms with Gasteiger partial charge in [0, 0.05) is 5.02 Å². The van der Waals surface area contributed by atoms with Crippen molar-refractivity contribution < 1.29 is 9.53 Å². The second kappa shape index (κ2) is 7.11. The molecule has 1 aromatic carbocycles. The first-order valence-electron chi connectivity index (χ1n) is 6.53. The Labute approximate surface area is 127 Å². The lowest BCUT2D eigenvalue weighted by Gasteiger charge is -2.24. The van der Waals surface area contributed by atoms with Crippen molar-refractivity contribution in [3.8, 4) is 5.75 Å². The molecule has 6 heteroatoms. The van der Waals surface area contributed by atoms with Crippen LogP contribution in [0.25, 0.3) is 0 Å². The number of carbonyl (C=O) groups excluding carboxylic acids is 1. The summed E-state index contributed by atoms with van der Waals surface area (Å²) in [5.74, 6) is 0.543. The number of halogens is 1. The highest BCUT2D eigenvalue weighted by Gasteiger charge is 2.18. The molecule has 0 bridgehead atoms. The highest BCUT2D eigenvalue weighted by atomic mass is 35.5. The molecule has 1 amide bonds. The van der Waals surface area contributed by atoms with Crippen LogP contribution in [0.3, 0.4) is 0 Å². The van der Waals surface area contributed by atoms with Crippen molar-refractivity contribution in [2.75, 3.05) is 32.2 Å². The van der Waals surface area contributed by atoms with Gasteiger partial charge >= 0.3 is 0 Å². The lowest BCUT2D eigenvalue weighted by Crippen LogP contribution is -2.41. The molecule has 0 aliphatic heterocycles. The van der Waals surface area contributed by atoms with Gasteiger partial charge in [0.25, 0.3) is 0 Å². The third-order valence-corrected chi connectivity index (χ3v) is 4.32. The Morgan fingerprint density at radius 2 is 2.05 bits per heavy atom. The molecular weight excluding hydrogens is 292 g/mol. The lowest BCUT2D eigenvalue weighted by molar-refractivity contribution is -0.116. The molecule has 0 aliphatic rings. The number of amides is 1. The van der Waals surface area contributed by atoms with Gasteiger partial charge in [-0.15, -0.1) is 0 Å². The average molecular weight is 315 g/mol. The van der Waals surface area contributed by atoms with Crippen LogP contribution < -0.4 is 10.1 Å². The van der Waals surface area contributed by atoms with Gasteiger partial charge in [-0.05, 0) is 31.4 Å². The number of carbonyl (C=O) groups is 1. The molecule has 0 saturated heterocycles. The summed E-state index contributed by atoms with van der Waals surface area (Å²) in [4.78, 5) is 14.1. The summed E-state index contributed by atoms with van der Waals surface area (Å²) in [6.45, 7) is 7.20. The minimum Gasteiger partial charge on any atom is -0.495 e. The van der Waals surface area contributed by atoms with E-state index in [0.29, 0.717) is 23.0 Å². The Bertz CT molecular complexity index is 475. The first kappa shape index (κ1) is 17.0. The number of benzene rings is 1. The van der Waals surface area contributed by atoms with Crippen molar-refractivity contribution in [3.63, 3.8) is 0 Å².